The van der Waals surface area contributed by atoms with Crippen LogP contribution in [0.1, 0.15) is 29.3 Å². The van der Waals surface area contributed by atoms with Gasteiger partial charge in [-0.15, -0.1) is 0 Å². The van der Waals surface area contributed by atoms with Crippen LogP contribution in [0.2, 0.25) is 0 Å². The molecule has 2 amide bonds. The Kier molecular flexibility index (Phi) is 5.75. The quantitative estimate of drug-likeness (QED) is 0.598. The molecule has 0 radical (unpaired) electrons. The van der Waals surface area contributed by atoms with Crippen molar-refractivity contribution in [3.8, 4) is 0 Å². The van der Waals surface area contributed by atoms with Crippen molar-refractivity contribution in [2.24, 2.45) is 10.1 Å². The van der Waals surface area contributed by atoms with Gasteiger partial charge in [0, 0.05) is 11.8 Å². The third-order valence-corrected chi connectivity index (χ3v) is 4.92. The van der Waals surface area contributed by atoms with Crippen molar-refractivity contribution in [2.45, 2.75) is 25.4 Å². The largest absolute Gasteiger partial charge is 0.433 e. The number of rotatable bonds is 2. The Morgan fingerprint density at radius 1 is 0.912 bits per heavy atom. The van der Waals surface area contributed by atoms with E-state index in [1.165, 1.54) is 18.2 Å². The molecule has 0 fully saturated rings. The lowest BCUT2D eigenvalue weighted by atomic mass is 10.0. The average Bonchev–Trinajstić information content (AvgIpc) is 2.76. The molecule has 12 heteroatoms. The topological polar surface area (TPSA) is 70.0 Å². The van der Waals surface area contributed by atoms with Crippen LogP contribution in [0.15, 0.2) is 70.9 Å². The van der Waals surface area contributed by atoms with Crippen LogP contribution in [-0.4, -0.2) is 33.7 Å². The molecule has 2 aliphatic heterocycles. The summed E-state index contributed by atoms with van der Waals surface area (Å²) < 4.78 is 77.1. The van der Waals surface area contributed by atoms with Gasteiger partial charge in [-0.25, -0.2) is 9.79 Å². The minimum atomic E-state index is -4.62. The summed E-state index contributed by atoms with van der Waals surface area (Å²) in [6.45, 7) is 1.62. The molecule has 1 unspecified atom stereocenters. The summed E-state index contributed by atoms with van der Waals surface area (Å²) in [6.07, 6.45) is -4.44. The van der Waals surface area contributed by atoms with E-state index in [9.17, 15) is 31.1 Å². The van der Waals surface area contributed by atoms with E-state index < -0.39 is 35.8 Å². The molecule has 1 aromatic heterocycles. The number of amides is 2. The van der Waals surface area contributed by atoms with E-state index in [4.69, 9.17) is 0 Å². The highest BCUT2D eigenvalue weighted by atomic mass is 19.4. The Bertz CT molecular complexity index is 1220. The lowest BCUT2D eigenvalue weighted by Gasteiger charge is -2.30. The zero-order valence-corrected chi connectivity index (χ0v) is 17.3. The summed E-state index contributed by atoms with van der Waals surface area (Å²) in [5, 5.41) is 7.67. The summed E-state index contributed by atoms with van der Waals surface area (Å²) >= 11 is 0. The van der Waals surface area contributed by atoms with Gasteiger partial charge in [0.1, 0.15) is 11.5 Å². The molecular weight excluding hydrogens is 464 g/mol. The Hall–Kier alpha value is -3.96. The lowest BCUT2D eigenvalue weighted by molar-refractivity contribution is -0.141. The monoisotopic (exact) mass is 479 g/mol. The Morgan fingerprint density at radius 3 is 2.18 bits per heavy atom. The fourth-order valence-corrected chi connectivity index (χ4v) is 3.23. The highest BCUT2D eigenvalue weighted by Gasteiger charge is 2.34. The maximum Gasteiger partial charge on any atom is 0.433 e. The number of hydrogen-bond donors (Lipinski definition) is 1. The number of nitrogens with one attached hydrogen (secondary N) is 1. The molecule has 0 aliphatic carbocycles. The molecule has 34 heavy (non-hydrogen) atoms. The maximum absolute atomic E-state index is 12.9. The van der Waals surface area contributed by atoms with Gasteiger partial charge in [0.2, 0.25) is 0 Å². The molecule has 0 saturated carbocycles. The number of benzene rings is 1. The normalized spacial score (nSPS) is 20.3. The molecule has 2 aliphatic rings. The van der Waals surface area contributed by atoms with Gasteiger partial charge in [0.05, 0.1) is 11.3 Å². The smallest absolute Gasteiger partial charge is 0.290 e. The standard InChI is InChI=1S/C22H15F6N5O/c1-12-2-3-14(13-4-7-16(8-5-13)21(23,24)25)10-18-30-19(31-20(34)33(18)32-12)15-6-9-17(29-11-15)22(26,27)28/h2-11,18H,1H3,(H,30,31,34)/b3-2?,14-10-,32-12?. The Balaban J connectivity index is 1.73. The van der Waals surface area contributed by atoms with E-state index in [0.29, 0.717) is 16.8 Å². The summed E-state index contributed by atoms with van der Waals surface area (Å²) in [6, 6.07) is 5.68. The number of fused-ring (bicyclic) bond motifs is 1. The van der Waals surface area contributed by atoms with Gasteiger partial charge in [-0.1, -0.05) is 18.2 Å². The second-order valence-electron chi connectivity index (χ2n) is 7.37. The van der Waals surface area contributed by atoms with Crippen LogP contribution in [0.3, 0.4) is 0 Å². The molecule has 176 valence electrons. The highest BCUT2D eigenvalue weighted by Crippen LogP contribution is 2.31. The number of aromatic nitrogens is 1. The first-order chi connectivity index (χ1) is 15.9. The van der Waals surface area contributed by atoms with E-state index in [2.05, 4.69) is 20.4 Å². The predicted octanol–water partition coefficient (Wildman–Crippen LogP) is 5.25. The van der Waals surface area contributed by atoms with Crippen LogP contribution >= 0.6 is 0 Å². The number of allylic oxidation sites excluding steroid dienone is 3. The number of alkyl halides is 6. The van der Waals surface area contributed by atoms with Crippen LogP contribution in [0.4, 0.5) is 31.1 Å². The summed E-state index contributed by atoms with van der Waals surface area (Å²) in [4.78, 5) is 20.4. The van der Waals surface area contributed by atoms with Crippen molar-refractivity contribution in [2.75, 3.05) is 0 Å². The third-order valence-electron chi connectivity index (χ3n) is 4.92. The van der Waals surface area contributed by atoms with Gasteiger partial charge in [-0.05, 0) is 54.5 Å². The zero-order chi connectivity index (χ0) is 24.7. The number of nitrogens with zero attached hydrogens (tertiary/aromatic N) is 4. The number of urea groups is 1. The molecule has 4 rings (SSSR count). The number of hydrogen-bond acceptors (Lipinski definition) is 4. The second-order valence-corrected chi connectivity index (χ2v) is 7.37. The molecule has 6 nitrogen and oxygen atoms in total. The van der Waals surface area contributed by atoms with Gasteiger partial charge >= 0.3 is 18.4 Å². The van der Waals surface area contributed by atoms with Crippen LogP contribution < -0.4 is 5.32 Å². The van der Waals surface area contributed by atoms with Crippen LogP contribution in [-0.2, 0) is 12.4 Å². The molecule has 0 saturated heterocycles. The SMILES string of the molecule is CC1=NN2C(=O)NC(c3ccc(C(F)(F)F)nc3)=NC2/C=C(\c2ccc(C(F)(F)F)cc2)C=C1. The molecule has 2 aromatic rings. The van der Waals surface area contributed by atoms with Crippen molar-refractivity contribution in [3.05, 3.63) is 83.2 Å². The Labute approximate surface area is 189 Å². The minimum Gasteiger partial charge on any atom is -0.290 e. The third kappa shape index (κ3) is 4.85. The van der Waals surface area contributed by atoms with Crippen molar-refractivity contribution in [1.29, 1.82) is 0 Å². The van der Waals surface area contributed by atoms with Gasteiger partial charge in [-0.3, -0.25) is 10.3 Å². The van der Waals surface area contributed by atoms with E-state index in [1.807, 2.05) is 0 Å². The fourth-order valence-electron chi connectivity index (χ4n) is 3.23. The lowest BCUT2D eigenvalue weighted by Crippen LogP contribution is -2.50. The van der Waals surface area contributed by atoms with Gasteiger partial charge in [0.25, 0.3) is 0 Å². The van der Waals surface area contributed by atoms with Crippen LogP contribution in [0.25, 0.3) is 5.57 Å². The van der Waals surface area contributed by atoms with Gasteiger partial charge in [-0.2, -0.15) is 36.5 Å². The van der Waals surface area contributed by atoms with E-state index >= 15 is 0 Å². The van der Waals surface area contributed by atoms with Crippen LogP contribution in [0.5, 0.6) is 0 Å². The van der Waals surface area contributed by atoms with Crippen molar-refractivity contribution in [1.82, 2.24) is 15.3 Å². The van der Waals surface area contributed by atoms with Gasteiger partial charge < -0.3 is 0 Å². The predicted molar refractivity (Wildman–Crippen MR) is 112 cm³/mol. The zero-order valence-electron chi connectivity index (χ0n) is 17.3. The van der Waals surface area contributed by atoms with E-state index in [0.717, 1.165) is 35.5 Å². The first-order valence-corrected chi connectivity index (χ1v) is 9.76. The number of halogens is 6. The number of carbonyl (C=O) groups is 1. The molecule has 1 atom stereocenters. The van der Waals surface area contributed by atoms with E-state index in [1.54, 1.807) is 19.1 Å². The second kappa shape index (κ2) is 8.43. The Morgan fingerprint density at radius 2 is 1.59 bits per heavy atom. The molecule has 1 N–H and O–H groups in total. The van der Waals surface area contributed by atoms with Gasteiger partial charge in [0.15, 0.2) is 6.17 Å². The van der Waals surface area contributed by atoms with Crippen molar-refractivity contribution in [3.63, 3.8) is 0 Å². The van der Waals surface area contributed by atoms with E-state index in [-0.39, 0.29) is 11.4 Å². The average molecular weight is 479 g/mol. The summed E-state index contributed by atoms with van der Waals surface area (Å²) in [5.41, 5.74) is -0.421. The summed E-state index contributed by atoms with van der Waals surface area (Å²) in [5.74, 6) is -0.0205. The first-order valence-electron chi connectivity index (χ1n) is 9.76. The summed E-state index contributed by atoms with van der Waals surface area (Å²) in [7, 11) is 0. The minimum absolute atomic E-state index is 0.0205. The number of amidine groups is 1. The molecule has 3 heterocycles. The number of carbonyl (C=O) groups excluding carboxylic acids is 1. The molecule has 1 aromatic carbocycles. The number of pyridine rings is 1. The highest BCUT2D eigenvalue weighted by molar-refractivity contribution is 6.09. The fraction of sp³-hybridized carbons (Fsp3) is 0.182. The van der Waals surface area contributed by atoms with Crippen molar-refractivity contribution < 1.29 is 31.1 Å². The first kappa shape index (κ1) is 23.2. The number of hydrazone groups is 1. The molecular formula is C22H15F6N5O. The molecule has 0 bridgehead atoms. The maximum atomic E-state index is 12.9. The van der Waals surface area contributed by atoms with Crippen LogP contribution in [0, 0.1) is 0 Å². The van der Waals surface area contributed by atoms with Crippen molar-refractivity contribution >= 4 is 23.2 Å². The molecule has 0 spiro atoms. The number of aliphatic imine (C=N–C) groups is 1.